The standard InChI is InChI=1S/C11H13NO/c1-9(2)11-5-3-10(4-6-11)7-12-8-13/h3-6,9H,7H2,1-2H3. The number of aliphatic imine (C=N–C) groups is 1. The Morgan fingerprint density at radius 1 is 1.31 bits per heavy atom. The molecule has 0 aromatic heterocycles. The van der Waals surface area contributed by atoms with E-state index in [0.29, 0.717) is 12.5 Å². The first kappa shape index (κ1) is 9.69. The summed E-state index contributed by atoms with van der Waals surface area (Å²) in [6.07, 6.45) is 1.53. The van der Waals surface area contributed by atoms with E-state index in [0.717, 1.165) is 5.56 Å². The third-order valence-corrected chi connectivity index (χ3v) is 1.97. The van der Waals surface area contributed by atoms with Crippen molar-refractivity contribution in [2.75, 3.05) is 0 Å². The van der Waals surface area contributed by atoms with Crippen LogP contribution in [0, 0.1) is 0 Å². The first-order valence-electron chi connectivity index (χ1n) is 4.36. The minimum absolute atomic E-state index is 0.432. The lowest BCUT2D eigenvalue weighted by molar-refractivity contribution is 0.563. The number of carbonyl (C=O) groups excluding carboxylic acids is 1. The molecule has 68 valence electrons. The Morgan fingerprint density at radius 3 is 2.38 bits per heavy atom. The maximum atomic E-state index is 9.86. The molecule has 1 aromatic carbocycles. The van der Waals surface area contributed by atoms with Gasteiger partial charge in [0.2, 0.25) is 6.08 Å². The number of hydrogen-bond donors (Lipinski definition) is 0. The SMILES string of the molecule is CC(C)c1ccc(CN=C=O)cc1. The summed E-state index contributed by atoms with van der Waals surface area (Å²) in [7, 11) is 0. The molecular formula is C11H13NO. The summed E-state index contributed by atoms with van der Waals surface area (Å²) in [5.74, 6) is 0.545. The van der Waals surface area contributed by atoms with Crippen LogP contribution in [0.3, 0.4) is 0 Å². The fraction of sp³-hybridized carbons (Fsp3) is 0.364. The van der Waals surface area contributed by atoms with Gasteiger partial charge < -0.3 is 0 Å². The molecule has 2 nitrogen and oxygen atoms in total. The van der Waals surface area contributed by atoms with Crippen LogP contribution in [0.4, 0.5) is 0 Å². The van der Waals surface area contributed by atoms with Crippen molar-refractivity contribution < 1.29 is 4.79 Å². The second kappa shape index (κ2) is 4.58. The number of benzene rings is 1. The monoisotopic (exact) mass is 175 g/mol. The molecule has 0 radical (unpaired) electrons. The van der Waals surface area contributed by atoms with Crippen molar-refractivity contribution in [3.8, 4) is 0 Å². The summed E-state index contributed by atoms with van der Waals surface area (Å²) in [6.45, 7) is 4.74. The van der Waals surface area contributed by atoms with Crippen LogP contribution in [0.25, 0.3) is 0 Å². The van der Waals surface area contributed by atoms with Gasteiger partial charge >= 0.3 is 0 Å². The molecule has 1 aromatic rings. The zero-order valence-electron chi connectivity index (χ0n) is 7.95. The van der Waals surface area contributed by atoms with E-state index in [-0.39, 0.29) is 0 Å². The molecule has 0 spiro atoms. The van der Waals surface area contributed by atoms with Crippen molar-refractivity contribution in [1.82, 2.24) is 0 Å². The molecule has 0 aliphatic carbocycles. The Morgan fingerprint density at radius 2 is 1.92 bits per heavy atom. The van der Waals surface area contributed by atoms with E-state index in [4.69, 9.17) is 0 Å². The molecule has 0 unspecified atom stereocenters. The Hall–Kier alpha value is -1.40. The Bertz CT molecular complexity index is 307. The van der Waals surface area contributed by atoms with Crippen LogP contribution in [0.2, 0.25) is 0 Å². The van der Waals surface area contributed by atoms with Gasteiger partial charge in [-0.15, -0.1) is 0 Å². The average Bonchev–Trinajstić information content (AvgIpc) is 2.15. The van der Waals surface area contributed by atoms with E-state index < -0.39 is 0 Å². The van der Waals surface area contributed by atoms with E-state index in [1.54, 1.807) is 0 Å². The normalized spacial score (nSPS) is 9.77. The maximum Gasteiger partial charge on any atom is 0.235 e. The lowest BCUT2D eigenvalue weighted by Crippen LogP contribution is -1.87. The Kier molecular flexibility index (Phi) is 3.41. The summed E-state index contributed by atoms with van der Waals surface area (Å²) < 4.78 is 0. The second-order valence-corrected chi connectivity index (χ2v) is 3.30. The van der Waals surface area contributed by atoms with Crippen molar-refractivity contribution in [2.45, 2.75) is 26.3 Å². The number of hydrogen-bond acceptors (Lipinski definition) is 2. The van der Waals surface area contributed by atoms with Crippen molar-refractivity contribution in [3.05, 3.63) is 35.4 Å². The van der Waals surface area contributed by atoms with Gasteiger partial charge in [0.15, 0.2) is 0 Å². The predicted molar refractivity (Wildman–Crippen MR) is 52.4 cm³/mol. The molecule has 0 aliphatic rings. The summed E-state index contributed by atoms with van der Waals surface area (Å²) in [5, 5.41) is 0. The zero-order chi connectivity index (χ0) is 9.68. The molecule has 2 heteroatoms. The Balaban J connectivity index is 2.75. The van der Waals surface area contributed by atoms with E-state index in [1.807, 2.05) is 12.1 Å². The van der Waals surface area contributed by atoms with Gasteiger partial charge in [0, 0.05) is 0 Å². The van der Waals surface area contributed by atoms with Crippen LogP contribution in [-0.2, 0) is 11.3 Å². The van der Waals surface area contributed by atoms with E-state index in [1.165, 1.54) is 11.6 Å². The predicted octanol–water partition coefficient (Wildman–Crippen LogP) is 2.65. The molecule has 0 saturated carbocycles. The van der Waals surface area contributed by atoms with Crippen molar-refractivity contribution in [2.24, 2.45) is 4.99 Å². The summed E-state index contributed by atoms with van der Waals surface area (Å²) in [4.78, 5) is 13.4. The van der Waals surface area contributed by atoms with E-state index >= 15 is 0 Å². The van der Waals surface area contributed by atoms with Crippen LogP contribution in [0.5, 0.6) is 0 Å². The third kappa shape index (κ3) is 2.85. The quantitative estimate of drug-likeness (QED) is 0.513. The maximum absolute atomic E-state index is 9.86. The summed E-state index contributed by atoms with van der Waals surface area (Å²) in [6, 6.07) is 8.13. The molecule has 0 N–H and O–H groups in total. The molecule has 1 rings (SSSR count). The molecule has 0 saturated heterocycles. The molecule has 0 atom stereocenters. The smallest absolute Gasteiger partial charge is 0.211 e. The molecule has 0 aliphatic heterocycles. The van der Waals surface area contributed by atoms with Gasteiger partial charge in [0.25, 0.3) is 0 Å². The highest BCUT2D eigenvalue weighted by molar-refractivity contribution is 5.34. The van der Waals surface area contributed by atoms with Gasteiger partial charge in [-0.25, -0.2) is 9.79 Å². The first-order chi connectivity index (χ1) is 6.24. The van der Waals surface area contributed by atoms with Crippen molar-refractivity contribution >= 4 is 6.08 Å². The van der Waals surface area contributed by atoms with Crippen LogP contribution in [-0.4, -0.2) is 6.08 Å². The van der Waals surface area contributed by atoms with Crippen molar-refractivity contribution in [1.29, 1.82) is 0 Å². The number of nitrogens with zero attached hydrogens (tertiary/aromatic N) is 1. The van der Waals surface area contributed by atoms with Crippen molar-refractivity contribution in [3.63, 3.8) is 0 Å². The zero-order valence-corrected chi connectivity index (χ0v) is 7.95. The van der Waals surface area contributed by atoms with Crippen LogP contribution < -0.4 is 0 Å². The largest absolute Gasteiger partial charge is 0.235 e. The van der Waals surface area contributed by atoms with Gasteiger partial charge in [-0.3, -0.25) is 0 Å². The molecule has 0 fully saturated rings. The Labute approximate surface area is 78.3 Å². The second-order valence-electron chi connectivity index (χ2n) is 3.30. The number of isocyanates is 1. The third-order valence-electron chi connectivity index (χ3n) is 1.97. The average molecular weight is 175 g/mol. The highest BCUT2D eigenvalue weighted by atomic mass is 16.1. The fourth-order valence-corrected chi connectivity index (χ4v) is 1.13. The van der Waals surface area contributed by atoms with Gasteiger partial charge in [-0.2, -0.15) is 0 Å². The van der Waals surface area contributed by atoms with Gasteiger partial charge in [-0.05, 0) is 17.0 Å². The lowest BCUT2D eigenvalue weighted by atomic mass is 10.0. The van der Waals surface area contributed by atoms with Gasteiger partial charge in [0.05, 0.1) is 6.54 Å². The molecule has 13 heavy (non-hydrogen) atoms. The number of rotatable bonds is 3. The van der Waals surface area contributed by atoms with E-state index in [9.17, 15) is 4.79 Å². The van der Waals surface area contributed by atoms with Gasteiger partial charge in [-0.1, -0.05) is 38.1 Å². The van der Waals surface area contributed by atoms with Crippen LogP contribution >= 0.6 is 0 Å². The highest BCUT2D eigenvalue weighted by Crippen LogP contribution is 2.14. The first-order valence-corrected chi connectivity index (χ1v) is 4.36. The highest BCUT2D eigenvalue weighted by Gasteiger charge is 1.97. The molecular weight excluding hydrogens is 162 g/mol. The molecule has 0 amide bonds. The van der Waals surface area contributed by atoms with Crippen LogP contribution in [0.15, 0.2) is 29.3 Å². The molecule has 0 heterocycles. The van der Waals surface area contributed by atoms with E-state index in [2.05, 4.69) is 31.0 Å². The minimum atomic E-state index is 0.432. The minimum Gasteiger partial charge on any atom is -0.211 e. The molecule has 0 bridgehead atoms. The van der Waals surface area contributed by atoms with Crippen LogP contribution in [0.1, 0.15) is 30.9 Å². The lowest BCUT2D eigenvalue weighted by Gasteiger charge is -2.04. The van der Waals surface area contributed by atoms with Gasteiger partial charge in [0.1, 0.15) is 0 Å². The topological polar surface area (TPSA) is 29.4 Å². The summed E-state index contributed by atoms with van der Waals surface area (Å²) in [5.41, 5.74) is 2.35. The summed E-state index contributed by atoms with van der Waals surface area (Å²) >= 11 is 0. The fourth-order valence-electron chi connectivity index (χ4n) is 1.13.